The predicted molar refractivity (Wildman–Crippen MR) is 181 cm³/mol. The van der Waals surface area contributed by atoms with Crippen LogP contribution in [0, 0.1) is 0 Å². The molecule has 0 unspecified atom stereocenters. The van der Waals surface area contributed by atoms with Crippen LogP contribution >= 0.6 is 0 Å². The zero-order chi connectivity index (χ0) is 32.6. The van der Waals surface area contributed by atoms with Gasteiger partial charge in [-0.3, -0.25) is 9.59 Å². The molecule has 4 aromatic carbocycles. The molecule has 3 atom stereocenters. The van der Waals surface area contributed by atoms with Crippen molar-refractivity contribution >= 4 is 39.9 Å². The maximum atomic E-state index is 12.6. The quantitative estimate of drug-likeness (QED) is 0.0909. The van der Waals surface area contributed by atoms with Crippen LogP contribution in [-0.2, 0) is 32.2 Å². The van der Waals surface area contributed by atoms with Crippen molar-refractivity contribution in [1.29, 1.82) is 0 Å². The van der Waals surface area contributed by atoms with E-state index in [0.29, 0.717) is 55.7 Å². The number of carbonyl (C=O) groups is 2. The van der Waals surface area contributed by atoms with Crippen molar-refractivity contribution in [2.24, 2.45) is 0 Å². The Hall–Kier alpha value is -5.03. The van der Waals surface area contributed by atoms with Crippen LogP contribution in [-0.4, -0.2) is 32.6 Å². The molecule has 0 spiro atoms. The van der Waals surface area contributed by atoms with Gasteiger partial charge in [-0.15, -0.1) is 0 Å². The van der Waals surface area contributed by atoms with Gasteiger partial charge in [-0.2, -0.15) is 0 Å². The highest BCUT2D eigenvalue weighted by Gasteiger charge is 2.32. The number of ether oxygens (including phenoxy) is 2. The number of benzene rings is 4. The Bertz CT molecular complexity index is 1800. The number of nitrogens with one attached hydrogen (secondary N) is 2. The van der Waals surface area contributed by atoms with Crippen LogP contribution in [0.25, 0.3) is 11.0 Å². The summed E-state index contributed by atoms with van der Waals surface area (Å²) in [6, 6.07) is 30.4. The van der Waals surface area contributed by atoms with Gasteiger partial charge in [0.2, 0.25) is 11.8 Å². The Morgan fingerprint density at radius 2 is 1.51 bits per heavy atom. The minimum atomic E-state index is -0.617. The largest absolute Gasteiger partial charge is 0.397 e. The molecule has 5 aromatic rings. The lowest BCUT2D eigenvalue weighted by atomic mass is 10.00. The average Bonchev–Trinajstić information content (AvgIpc) is 3.50. The van der Waals surface area contributed by atoms with Crippen LogP contribution in [0.1, 0.15) is 61.2 Å². The number of unbranched alkanes of at least 4 members (excludes halogenated alkanes) is 1. The fraction of sp³-hybridized carbons (Fsp3) is 0.270. The van der Waals surface area contributed by atoms with E-state index in [1.807, 2.05) is 85.2 Å². The standard InChI is InChI=1S/C37H39N5O5/c38-30-7-1-2-8-31(30)41-36(45)12-6-5-11-35(44)40-28-19-17-27(18-20-28)37-46-29(22-42-24-39-32-9-3-4-10-33(32)42)21-34(47-37)26-15-13-25(23-43)14-16-26/h1-4,7-10,13-20,24,29,34,37,43H,5-6,11-12,21-23,38H2,(H,40,44)(H,41,45)/t29-,34+,37+/m0/s1. The van der Waals surface area contributed by atoms with Crippen molar-refractivity contribution in [3.8, 4) is 0 Å². The molecule has 1 aliphatic heterocycles. The minimum Gasteiger partial charge on any atom is -0.397 e. The molecule has 242 valence electrons. The fourth-order valence-electron chi connectivity index (χ4n) is 5.75. The summed E-state index contributed by atoms with van der Waals surface area (Å²) in [5.41, 5.74) is 12.3. The van der Waals surface area contributed by atoms with E-state index >= 15 is 0 Å². The number of para-hydroxylation sites is 4. The van der Waals surface area contributed by atoms with Crippen LogP contribution in [0.15, 0.2) is 103 Å². The maximum absolute atomic E-state index is 12.6. The molecule has 1 fully saturated rings. The summed E-state index contributed by atoms with van der Waals surface area (Å²) in [6.07, 6.45) is 3.29. The number of aliphatic hydroxyl groups excluding tert-OH is 1. The number of anilines is 3. The number of fused-ring (bicyclic) bond motifs is 1. The zero-order valence-corrected chi connectivity index (χ0v) is 26.0. The Morgan fingerprint density at radius 1 is 0.830 bits per heavy atom. The molecule has 1 aromatic heterocycles. The van der Waals surface area contributed by atoms with Crippen molar-refractivity contribution in [3.05, 3.63) is 120 Å². The molecule has 1 aliphatic rings. The SMILES string of the molecule is Nc1ccccc1NC(=O)CCCCC(=O)Nc1ccc([C@@H]2O[C@H](Cn3cnc4ccccc43)C[C@H](c3ccc(CO)cc3)O2)cc1. The summed E-state index contributed by atoms with van der Waals surface area (Å²) >= 11 is 0. The first-order chi connectivity index (χ1) is 22.9. The van der Waals surface area contributed by atoms with Gasteiger partial charge in [-0.25, -0.2) is 4.98 Å². The Morgan fingerprint density at radius 3 is 2.26 bits per heavy atom. The zero-order valence-electron chi connectivity index (χ0n) is 26.0. The highest BCUT2D eigenvalue weighted by Crippen LogP contribution is 2.39. The van der Waals surface area contributed by atoms with Crippen LogP contribution in [0.2, 0.25) is 0 Å². The molecule has 1 saturated heterocycles. The number of hydrogen-bond acceptors (Lipinski definition) is 7. The van der Waals surface area contributed by atoms with Gasteiger partial charge in [0, 0.05) is 30.5 Å². The van der Waals surface area contributed by atoms with Gasteiger partial charge < -0.3 is 35.5 Å². The molecule has 5 N–H and O–H groups in total. The first kappa shape index (κ1) is 31.9. The van der Waals surface area contributed by atoms with Crippen molar-refractivity contribution in [2.75, 3.05) is 16.4 Å². The molecular weight excluding hydrogens is 594 g/mol. The van der Waals surface area contributed by atoms with E-state index in [2.05, 4.69) is 26.3 Å². The van der Waals surface area contributed by atoms with Crippen LogP contribution in [0.3, 0.4) is 0 Å². The van der Waals surface area contributed by atoms with Gasteiger partial charge in [-0.1, -0.05) is 60.7 Å². The lowest BCUT2D eigenvalue weighted by Crippen LogP contribution is -2.32. The van der Waals surface area contributed by atoms with Crippen LogP contribution in [0.4, 0.5) is 17.1 Å². The molecule has 0 bridgehead atoms. The Balaban J connectivity index is 1.05. The average molecular weight is 634 g/mol. The molecule has 0 aliphatic carbocycles. The summed E-state index contributed by atoms with van der Waals surface area (Å²) in [5.74, 6) is -0.245. The second kappa shape index (κ2) is 15.0. The van der Waals surface area contributed by atoms with Crippen molar-refractivity contribution in [3.63, 3.8) is 0 Å². The van der Waals surface area contributed by atoms with Crippen molar-refractivity contribution < 1.29 is 24.2 Å². The lowest BCUT2D eigenvalue weighted by Gasteiger charge is -2.36. The van der Waals surface area contributed by atoms with Gasteiger partial charge in [0.15, 0.2) is 6.29 Å². The van der Waals surface area contributed by atoms with E-state index in [-0.39, 0.29) is 30.6 Å². The van der Waals surface area contributed by atoms with E-state index in [4.69, 9.17) is 15.2 Å². The molecule has 0 saturated carbocycles. The highest BCUT2D eigenvalue weighted by atomic mass is 16.7. The molecule has 10 heteroatoms. The topological polar surface area (TPSA) is 141 Å². The number of nitrogens with two attached hydrogens (primary N) is 1. The van der Waals surface area contributed by atoms with Crippen LogP contribution < -0.4 is 16.4 Å². The smallest absolute Gasteiger partial charge is 0.224 e. The van der Waals surface area contributed by atoms with Crippen molar-refractivity contribution in [2.45, 2.75) is 63.8 Å². The number of aromatic nitrogens is 2. The number of aliphatic hydroxyl groups is 1. The normalized spacial score (nSPS) is 17.8. The van der Waals surface area contributed by atoms with Gasteiger partial charge in [0.25, 0.3) is 0 Å². The number of carbonyl (C=O) groups excluding carboxylic acids is 2. The van der Waals surface area contributed by atoms with E-state index in [1.165, 1.54) is 0 Å². The number of hydrogen-bond donors (Lipinski definition) is 4. The molecule has 47 heavy (non-hydrogen) atoms. The summed E-state index contributed by atoms with van der Waals surface area (Å²) in [7, 11) is 0. The maximum Gasteiger partial charge on any atom is 0.224 e. The second-order valence-corrected chi connectivity index (χ2v) is 11.7. The lowest BCUT2D eigenvalue weighted by molar-refractivity contribution is -0.252. The summed E-state index contributed by atoms with van der Waals surface area (Å²) in [5, 5.41) is 15.3. The monoisotopic (exact) mass is 633 g/mol. The van der Waals surface area contributed by atoms with Crippen LogP contribution in [0.5, 0.6) is 0 Å². The molecule has 6 rings (SSSR count). The first-order valence-electron chi connectivity index (χ1n) is 15.9. The van der Waals surface area contributed by atoms with E-state index in [9.17, 15) is 14.7 Å². The first-order valence-corrected chi connectivity index (χ1v) is 15.9. The molecule has 2 amide bonds. The van der Waals surface area contributed by atoms with Crippen molar-refractivity contribution in [1.82, 2.24) is 9.55 Å². The number of imidazole rings is 1. The van der Waals surface area contributed by atoms with Gasteiger partial charge >= 0.3 is 0 Å². The predicted octanol–water partition coefficient (Wildman–Crippen LogP) is 6.49. The number of nitrogen functional groups attached to an aromatic ring is 1. The van der Waals surface area contributed by atoms with Gasteiger partial charge in [-0.05, 0) is 60.4 Å². The van der Waals surface area contributed by atoms with Gasteiger partial charge in [0.05, 0.1) is 54.1 Å². The van der Waals surface area contributed by atoms with E-state index in [0.717, 1.165) is 27.7 Å². The summed E-state index contributed by atoms with van der Waals surface area (Å²) < 4.78 is 15.1. The second-order valence-electron chi connectivity index (χ2n) is 11.7. The Kier molecular flexibility index (Phi) is 10.2. The van der Waals surface area contributed by atoms with Gasteiger partial charge in [0.1, 0.15) is 0 Å². The molecule has 2 heterocycles. The third-order valence-electron chi connectivity index (χ3n) is 8.30. The molecule has 10 nitrogen and oxygen atoms in total. The Labute approximate surface area is 273 Å². The fourth-order valence-corrected chi connectivity index (χ4v) is 5.75. The minimum absolute atomic E-state index is 0.0153. The summed E-state index contributed by atoms with van der Waals surface area (Å²) in [6.45, 7) is 0.598. The van der Waals surface area contributed by atoms with E-state index in [1.54, 1.807) is 12.1 Å². The molecular formula is C37H39N5O5. The third-order valence-corrected chi connectivity index (χ3v) is 8.30. The third kappa shape index (κ3) is 8.23. The number of rotatable bonds is 12. The molecule has 0 radical (unpaired) electrons. The van der Waals surface area contributed by atoms with E-state index < -0.39 is 6.29 Å². The number of nitrogens with zero attached hydrogens (tertiary/aromatic N) is 2. The summed E-state index contributed by atoms with van der Waals surface area (Å²) in [4.78, 5) is 29.4. The highest BCUT2D eigenvalue weighted by molar-refractivity contribution is 5.94. The number of amides is 2.